The van der Waals surface area contributed by atoms with Crippen molar-refractivity contribution in [3.63, 3.8) is 0 Å². The zero-order valence-electron chi connectivity index (χ0n) is 11.4. The average molecular weight is 254 g/mol. The predicted molar refractivity (Wildman–Crippen MR) is 78.1 cm³/mol. The first-order valence-electron chi connectivity index (χ1n) is 6.65. The standard InChI is InChI=1S/C16H18N2O/c1-11-14(13-5-3-4-6-15(13)17-11)9-12-10-18(2)8-7-16(12)19/h3-6,9,17H,7-8,10H2,1-2H3/b12-9+. The van der Waals surface area contributed by atoms with Crippen molar-refractivity contribution >= 4 is 22.8 Å². The van der Waals surface area contributed by atoms with Crippen LogP contribution in [0.2, 0.25) is 0 Å². The fourth-order valence-electron chi connectivity index (χ4n) is 2.70. The van der Waals surface area contributed by atoms with Gasteiger partial charge in [-0.25, -0.2) is 0 Å². The van der Waals surface area contributed by atoms with E-state index in [2.05, 4.69) is 42.1 Å². The number of hydrogen-bond acceptors (Lipinski definition) is 2. The number of likely N-dealkylation sites (tertiary alicyclic amines) is 1. The Morgan fingerprint density at radius 2 is 2.11 bits per heavy atom. The smallest absolute Gasteiger partial charge is 0.161 e. The summed E-state index contributed by atoms with van der Waals surface area (Å²) < 4.78 is 0. The summed E-state index contributed by atoms with van der Waals surface area (Å²) in [4.78, 5) is 17.6. The van der Waals surface area contributed by atoms with Gasteiger partial charge in [0.1, 0.15) is 0 Å². The third-order valence-electron chi connectivity index (χ3n) is 3.78. The number of likely N-dealkylation sites (N-methyl/N-ethyl adjacent to an activating group) is 1. The number of carbonyl (C=O) groups excluding carboxylic acids is 1. The lowest BCUT2D eigenvalue weighted by molar-refractivity contribution is -0.117. The maximum Gasteiger partial charge on any atom is 0.161 e. The summed E-state index contributed by atoms with van der Waals surface area (Å²) >= 11 is 0. The number of nitrogens with zero attached hydrogens (tertiary/aromatic N) is 1. The Morgan fingerprint density at radius 3 is 2.95 bits per heavy atom. The third-order valence-corrected chi connectivity index (χ3v) is 3.78. The zero-order valence-corrected chi connectivity index (χ0v) is 11.4. The molecule has 2 aromatic rings. The van der Waals surface area contributed by atoms with Gasteiger partial charge in [0.25, 0.3) is 0 Å². The Hall–Kier alpha value is -1.87. The van der Waals surface area contributed by atoms with Crippen molar-refractivity contribution in [3.8, 4) is 0 Å². The number of ketones is 1. The van der Waals surface area contributed by atoms with E-state index in [9.17, 15) is 4.79 Å². The normalized spacial score (nSPS) is 19.5. The van der Waals surface area contributed by atoms with E-state index in [-0.39, 0.29) is 5.78 Å². The number of fused-ring (bicyclic) bond motifs is 1. The van der Waals surface area contributed by atoms with Crippen molar-refractivity contribution in [3.05, 3.63) is 41.1 Å². The van der Waals surface area contributed by atoms with Crippen molar-refractivity contribution in [1.82, 2.24) is 9.88 Å². The van der Waals surface area contributed by atoms with E-state index in [0.29, 0.717) is 6.42 Å². The van der Waals surface area contributed by atoms with Gasteiger partial charge < -0.3 is 9.88 Å². The molecule has 0 aliphatic carbocycles. The summed E-state index contributed by atoms with van der Waals surface area (Å²) in [5.74, 6) is 0.280. The topological polar surface area (TPSA) is 36.1 Å². The average Bonchev–Trinajstić information content (AvgIpc) is 2.71. The highest BCUT2D eigenvalue weighted by atomic mass is 16.1. The minimum absolute atomic E-state index is 0.280. The molecule has 1 fully saturated rings. The van der Waals surface area contributed by atoms with E-state index in [1.807, 2.05) is 12.1 Å². The van der Waals surface area contributed by atoms with Crippen LogP contribution in [-0.2, 0) is 4.79 Å². The van der Waals surface area contributed by atoms with Crippen LogP contribution in [0.3, 0.4) is 0 Å². The van der Waals surface area contributed by atoms with Gasteiger partial charge in [0.15, 0.2) is 5.78 Å². The van der Waals surface area contributed by atoms with Crippen LogP contribution >= 0.6 is 0 Å². The molecule has 0 bridgehead atoms. The molecule has 2 heterocycles. The second-order valence-electron chi connectivity index (χ2n) is 5.29. The third kappa shape index (κ3) is 2.22. The maximum atomic E-state index is 12.0. The van der Waals surface area contributed by atoms with Gasteiger partial charge in [-0.15, -0.1) is 0 Å². The lowest BCUT2D eigenvalue weighted by Crippen LogP contribution is -2.32. The van der Waals surface area contributed by atoms with Gasteiger partial charge >= 0.3 is 0 Å². The summed E-state index contributed by atoms with van der Waals surface area (Å²) in [5.41, 5.74) is 4.31. The first kappa shape index (κ1) is 12.2. The molecule has 1 saturated heterocycles. The van der Waals surface area contributed by atoms with E-state index >= 15 is 0 Å². The van der Waals surface area contributed by atoms with Gasteiger partial charge in [-0.2, -0.15) is 0 Å². The molecule has 1 N–H and O–H groups in total. The molecule has 1 aromatic carbocycles. The first-order valence-corrected chi connectivity index (χ1v) is 6.65. The van der Waals surface area contributed by atoms with E-state index in [1.165, 1.54) is 5.39 Å². The van der Waals surface area contributed by atoms with Crippen molar-refractivity contribution in [2.24, 2.45) is 0 Å². The number of H-pyrrole nitrogens is 1. The molecular formula is C16H18N2O. The molecule has 0 radical (unpaired) electrons. The van der Waals surface area contributed by atoms with E-state index in [4.69, 9.17) is 0 Å². The van der Waals surface area contributed by atoms with Crippen LogP contribution in [0.4, 0.5) is 0 Å². The van der Waals surface area contributed by atoms with Crippen molar-refractivity contribution in [2.75, 3.05) is 20.1 Å². The SMILES string of the molecule is Cc1[nH]c2ccccc2c1/C=C1\CN(C)CCC1=O. The number of aryl methyl sites for hydroxylation is 1. The van der Waals surface area contributed by atoms with Gasteiger partial charge in [0, 0.05) is 47.2 Å². The summed E-state index contributed by atoms with van der Waals surface area (Å²) in [6.07, 6.45) is 2.69. The fourth-order valence-corrected chi connectivity index (χ4v) is 2.70. The number of aromatic nitrogens is 1. The number of nitrogens with one attached hydrogen (secondary N) is 1. The molecule has 0 spiro atoms. The summed E-state index contributed by atoms with van der Waals surface area (Å²) in [7, 11) is 2.06. The van der Waals surface area contributed by atoms with Crippen LogP contribution in [0.25, 0.3) is 17.0 Å². The molecule has 0 unspecified atom stereocenters. The quantitative estimate of drug-likeness (QED) is 0.794. The molecule has 0 amide bonds. The number of hydrogen-bond donors (Lipinski definition) is 1. The molecule has 1 aliphatic heterocycles. The first-order chi connectivity index (χ1) is 9.15. The fraction of sp³-hybridized carbons (Fsp3) is 0.312. The maximum absolute atomic E-state index is 12.0. The lowest BCUT2D eigenvalue weighted by atomic mass is 9.99. The minimum atomic E-state index is 0.280. The van der Waals surface area contributed by atoms with E-state index in [0.717, 1.165) is 35.4 Å². The molecule has 19 heavy (non-hydrogen) atoms. The molecule has 0 saturated carbocycles. The van der Waals surface area contributed by atoms with Crippen LogP contribution in [0.5, 0.6) is 0 Å². The van der Waals surface area contributed by atoms with Crippen LogP contribution in [-0.4, -0.2) is 35.8 Å². The second kappa shape index (κ2) is 4.67. The van der Waals surface area contributed by atoms with Crippen molar-refractivity contribution < 1.29 is 4.79 Å². The molecule has 0 atom stereocenters. The predicted octanol–water partition coefficient (Wildman–Crippen LogP) is 2.76. The van der Waals surface area contributed by atoms with Crippen LogP contribution in [0.15, 0.2) is 29.8 Å². The molecule has 3 rings (SSSR count). The minimum Gasteiger partial charge on any atom is -0.358 e. The number of rotatable bonds is 1. The zero-order chi connectivity index (χ0) is 13.4. The number of benzene rings is 1. The highest BCUT2D eigenvalue weighted by Crippen LogP contribution is 2.25. The molecule has 1 aromatic heterocycles. The lowest BCUT2D eigenvalue weighted by Gasteiger charge is -2.23. The molecule has 1 aliphatic rings. The van der Waals surface area contributed by atoms with Gasteiger partial charge in [0.05, 0.1) is 0 Å². The number of Topliss-reactive ketones (excluding diaryl/α,β-unsaturated/α-hetero) is 1. The van der Waals surface area contributed by atoms with Gasteiger partial charge in [-0.05, 0) is 26.1 Å². The largest absolute Gasteiger partial charge is 0.358 e. The Bertz CT molecular complexity index is 666. The second-order valence-corrected chi connectivity index (χ2v) is 5.29. The molecule has 3 heteroatoms. The Balaban J connectivity index is 2.09. The van der Waals surface area contributed by atoms with Crippen molar-refractivity contribution in [1.29, 1.82) is 0 Å². The molecular weight excluding hydrogens is 236 g/mol. The van der Waals surface area contributed by atoms with Gasteiger partial charge in [-0.3, -0.25) is 4.79 Å². The summed E-state index contributed by atoms with van der Waals surface area (Å²) in [6, 6.07) is 8.22. The number of para-hydroxylation sites is 1. The van der Waals surface area contributed by atoms with E-state index in [1.54, 1.807) is 0 Å². The van der Waals surface area contributed by atoms with Crippen molar-refractivity contribution in [2.45, 2.75) is 13.3 Å². The number of piperidine rings is 1. The molecule has 3 nitrogen and oxygen atoms in total. The van der Waals surface area contributed by atoms with Crippen LogP contribution in [0, 0.1) is 6.92 Å². The number of aromatic amines is 1. The monoisotopic (exact) mass is 254 g/mol. The Kier molecular flexibility index (Phi) is 2.99. The molecule has 98 valence electrons. The highest BCUT2D eigenvalue weighted by Gasteiger charge is 2.19. The summed E-state index contributed by atoms with van der Waals surface area (Å²) in [6.45, 7) is 3.67. The van der Waals surface area contributed by atoms with Gasteiger partial charge in [0.2, 0.25) is 0 Å². The summed E-state index contributed by atoms with van der Waals surface area (Å²) in [5, 5.41) is 1.19. The van der Waals surface area contributed by atoms with E-state index < -0.39 is 0 Å². The Labute approximate surface area is 112 Å². The van der Waals surface area contributed by atoms with Crippen LogP contribution < -0.4 is 0 Å². The highest BCUT2D eigenvalue weighted by molar-refractivity contribution is 6.03. The number of carbonyl (C=O) groups is 1. The van der Waals surface area contributed by atoms with Crippen LogP contribution in [0.1, 0.15) is 17.7 Å². The Morgan fingerprint density at radius 1 is 1.32 bits per heavy atom. The van der Waals surface area contributed by atoms with Gasteiger partial charge in [-0.1, -0.05) is 18.2 Å².